The van der Waals surface area contributed by atoms with Crippen molar-refractivity contribution in [2.45, 2.75) is 37.4 Å². The van der Waals surface area contributed by atoms with Gasteiger partial charge in [0.2, 0.25) is 5.91 Å². The van der Waals surface area contributed by atoms with Gasteiger partial charge in [0, 0.05) is 18.0 Å². The first-order chi connectivity index (χ1) is 14.2. The molecule has 8 nitrogen and oxygen atoms in total. The standard InChI is InChI=1S/C20H26N6O2S/c27-18-14-21-19(28)25(18)12-7-13-29-20-23-22-17(15-24-10-5-2-6-11-24)26(20)16-8-3-1-4-9-16/h1,3-4,8-9H,2,5-7,10-15H2,(H,21,28). The lowest BCUT2D eigenvalue weighted by Gasteiger charge is -2.26. The lowest BCUT2D eigenvalue weighted by Crippen LogP contribution is -2.32. The highest BCUT2D eigenvalue weighted by Crippen LogP contribution is 2.24. The van der Waals surface area contributed by atoms with Crippen LogP contribution in [0.5, 0.6) is 0 Å². The molecule has 1 aromatic carbocycles. The Kier molecular flexibility index (Phi) is 6.46. The Morgan fingerprint density at radius 1 is 1.03 bits per heavy atom. The number of imide groups is 1. The van der Waals surface area contributed by atoms with Gasteiger partial charge >= 0.3 is 6.03 Å². The van der Waals surface area contributed by atoms with Gasteiger partial charge in [0.1, 0.15) is 0 Å². The van der Waals surface area contributed by atoms with E-state index in [9.17, 15) is 9.59 Å². The number of likely N-dealkylation sites (tertiary alicyclic amines) is 1. The first kappa shape index (κ1) is 19.9. The summed E-state index contributed by atoms with van der Waals surface area (Å²) >= 11 is 1.61. The van der Waals surface area contributed by atoms with Crippen LogP contribution in [0.1, 0.15) is 31.5 Å². The van der Waals surface area contributed by atoms with Gasteiger partial charge in [0.15, 0.2) is 11.0 Å². The number of carbonyl (C=O) groups is 2. The van der Waals surface area contributed by atoms with Crippen molar-refractivity contribution in [2.24, 2.45) is 0 Å². The van der Waals surface area contributed by atoms with Crippen LogP contribution in [-0.2, 0) is 11.3 Å². The number of thioether (sulfide) groups is 1. The van der Waals surface area contributed by atoms with E-state index in [2.05, 4.69) is 37.1 Å². The van der Waals surface area contributed by atoms with Crippen LogP contribution in [0.2, 0.25) is 0 Å². The monoisotopic (exact) mass is 414 g/mol. The van der Waals surface area contributed by atoms with Crippen LogP contribution in [0.3, 0.4) is 0 Å². The van der Waals surface area contributed by atoms with Gasteiger partial charge < -0.3 is 5.32 Å². The molecule has 2 fully saturated rings. The number of amides is 3. The molecule has 1 N–H and O–H groups in total. The van der Waals surface area contributed by atoms with E-state index in [1.54, 1.807) is 11.8 Å². The van der Waals surface area contributed by atoms with Crippen LogP contribution < -0.4 is 5.32 Å². The number of benzene rings is 1. The molecule has 154 valence electrons. The first-order valence-electron chi connectivity index (χ1n) is 10.2. The molecule has 2 aliphatic heterocycles. The summed E-state index contributed by atoms with van der Waals surface area (Å²) in [5.74, 6) is 1.55. The molecule has 29 heavy (non-hydrogen) atoms. The third kappa shape index (κ3) is 4.79. The molecule has 0 saturated carbocycles. The first-order valence-corrected chi connectivity index (χ1v) is 11.1. The normalized spacial score (nSPS) is 17.7. The zero-order valence-corrected chi connectivity index (χ0v) is 17.2. The summed E-state index contributed by atoms with van der Waals surface area (Å²) in [6.45, 7) is 3.54. The summed E-state index contributed by atoms with van der Waals surface area (Å²) in [5, 5.41) is 12.3. The fourth-order valence-corrected chi connectivity index (χ4v) is 4.61. The lowest BCUT2D eigenvalue weighted by molar-refractivity contribution is -0.124. The van der Waals surface area contributed by atoms with Crippen molar-refractivity contribution in [1.29, 1.82) is 0 Å². The zero-order chi connectivity index (χ0) is 20.1. The van der Waals surface area contributed by atoms with Crippen molar-refractivity contribution in [3.63, 3.8) is 0 Å². The number of hydrogen-bond acceptors (Lipinski definition) is 6. The summed E-state index contributed by atoms with van der Waals surface area (Å²) in [6, 6.07) is 9.89. The van der Waals surface area contributed by atoms with E-state index < -0.39 is 0 Å². The number of piperidine rings is 1. The number of aromatic nitrogens is 3. The number of carbonyl (C=O) groups excluding carboxylic acids is 2. The van der Waals surface area contributed by atoms with Crippen molar-refractivity contribution in [3.05, 3.63) is 36.2 Å². The van der Waals surface area contributed by atoms with Crippen molar-refractivity contribution >= 4 is 23.7 Å². The Morgan fingerprint density at radius 2 is 1.83 bits per heavy atom. The molecule has 3 heterocycles. The average Bonchev–Trinajstić information content (AvgIpc) is 3.29. The van der Waals surface area contributed by atoms with E-state index in [0.29, 0.717) is 13.0 Å². The molecule has 2 saturated heterocycles. The SMILES string of the molecule is O=C1CNC(=O)N1CCCSc1nnc(CN2CCCCC2)n1-c1ccccc1. The molecule has 0 aliphatic carbocycles. The number of para-hydroxylation sites is 1. The second-order valence-corrected chi connectivity index (χ2v) is 8.37. The third-order valence-electron chi connectivity index (χ3n) is 5.22. The number of urea groups is 1. The van der Waals surface area contributed by atoms with Crippen LogP contribution >= 0.6 is 11.8 Å². The lowest BCUT2D eigenvalue weighted by atomic mass is 10.1. The van der Waals surface area contributed by atoms with E-state index in [-0.39, 0.29) is 18.5 Å². The third-order valence-corrected chi connectivity index (χ3v) is 6.24. The van der Waals surface area contributed by atoms with Crippen LogP contribution in [0.15, 0.2) is 35.5 Å². The van der Waals surface area contributed by atoms with E-state index in [1.807, 2.05) is 18.2 Å². The van der Waals surface area contributed by atoms with Crippen molar-refractivity contribution in [2.75, 3.05) is 31.9 Å². The number of nitrogens with one attached hydrogen (secondary N) is 1. The van der Waals surface area contributed by atoms with Crippen molar-refractivity contribution in [3.8, 4) is 5.69 Å². The van der Waals surface area contributed by atoms with Gasteiger partial charge in [0.05, 0.1) is 13.1 Å². The smallest absolute Gasteiger partial charge is 0.324 e. The number of hydrogen-bond donors (Lipinski definition) is 1. The summed E-state index contributed by atoms with van der Waals surface area (Å²) in [5.41, 5.74) is 1.06. The van der Waals surface area contributed by atoms with Gasteiger partial charge in [-0.05, 0) is 44.5 Å². The highest BCUT2D eigenvalue weighted by Gasteiger charge is 2.27. The fraction of sp³-hybridized carbons (Fsp3) is 0.500. The van der Waals surface area contributed by atoms with Crippen molar-refractivity contribution < 1.29 is 9.59 Å². The predicted octanol–water partition coefficient (Wildman–Crippen LogP) is 2.29. The van der Waals surface area contributed by atoms with Gasteiger partial charge in [-0.1, -0.05) is 36.4 Å². The van der Waals surface area contributed by atoms with Gasteiger partial charge in [-0.25, -0.2) is 4.79 Å². The topological polar surface area (TPSA) is 83.4 Å². The van der Waals surface area contributed by atoms with Crippen LogP contribution in [0.4, 0.5) is 4.79 Å². The van der Waals surface area contributed by atoms with E-state index in [1.165, 1.54) is 24.2 Å². The molecule has 0 unspecified atom stereocenters. The van der Waals surface area contributed by atoms with Crippen LogP contribution in [-0.4, -0.2) is 68.4 Å². The molecular formula is C20H26N6O2S. The average molecular weight is 415 g/mol. The van der Waals surface area contributed by atoms with Gasteiger partial charge in [-0.2, -0.15) is 0 Å². The van der Waals surface area contributed by atoms with Gasteiger partial charge in [-0.15, -0.1) is 10.2 Å². The second-order valence-electron chi connectivity index (χ2n) is 7.31. The highest BCUT2D eigenvalue weighted by molar-refractivity contribution is 7.99. The molecule has 2 aliphatic rings. The van der Waals surface area contributed by atoms with Gasteiger partial charge in [0.25, 0.3) is 0 Å². The molecule has 0 atom stereocenters. The Hall–Kier alpha value is -2.39. The number of nitrogens with zero attached hydrogens (tertiary/aromatic N) is 5. The fourth-order valence-electron chi connectivity index (χ4n) is 3.72. The van der Waals surface area contributed by atoms with E-state index in [0.717, 1.165) is 42.1 Å². The summed E-state index contributed by atoms with van der Waals surface area (Å²) in [4.78, 5) is 27.0. The molecule has 9 heteroatoms. The number of rotatable bonds is 8. The summed E-state index contributed by atoms with van der Waals surface area (Å²) in [7, 11) is 0. The Balaban J connectivity index is 1.43. The Labute approximate surface area is 174 Å². The quantitative estimate of drug-likeness (QED) is 0.405. The maximum atomic E-state index is 11.7. The van der Waals surface area contributed by atoms with Crippen molar-refractivity contribution in [1.82, 2.24) is 29.9 Å². The molecule has 4 rings (SSSR count). The summed E-state index contributed by atoms with van der Waals surface area (Å²) < 4.78 is 2.13. The minimum atomic E-state index is -0.295. The molecule has 2 aromatic rings. The Bertz CT molecular complexity index is 834. The van der Waals surface area contributed by atoms with Crippen LogP contribution in [0, 0.1) is 0 Å². The predicted molar refractivity (Wildman–Crippen MR) is 111 cm³/mol. The molecule has 1 aromatic heterocycles. The van der Waals surface area contributed by atoms with E-state index >= 15 is 0 Å². The second kappa shape index (κ2) is 9.41. The van der Waals surface area contributed by atoms with Crippen LogP contribution in [0.25, 0.3) is 5.69 Å². The minimum absolute atomic E-state index is 0.105. The molecular weight excluding hydrogens is 388 g/mol. The molecule has 0 radical (unpaired) electrons. The Morgan fingerprint density at radius 3 is 2.55 bits per heavy atom. The molecule has 3 amide bonds. The maximum absolute atomic E-state index is 11.7. The zero-order valence-electron chi connectivity index (χ0n) is 16.4. The highest BCUT2D eigenvalue weighted by atomic mass is 32.2. The minimum Gasteiger partial charge on any atom is -0.329 e. The molecule has 0 spiro atoms. The summed E-state index contributed by atoms with van der Waals surface area (Å²) in [6.07, 6.45) is 4.50. The van der Waals surface area contributed by atoms with E-state index in [4.69, 9.17) is 0 Å². The largest absolute Gasteiger partial charge is 0.329 e. The molecule has 0 bridgehead atoms. The van der Waals surface area contributed by atoms with Gasteiger partial charge in [-0.3, -0.25) is 19.2 Å². The maximum Gasteiger partial charge on any atom is 0.324 e.